The molecule has 0 saturated heterocycles. The van der Waals surface area contributed by atoms with E-state index in [1.165, 1.54) is 0 Å². The Hall–Kier alpha value is -0.833. The molecule has 1 aromatic heterocycles. The normalized spacial score (nSPS) is 12.1. The molecule has 0 fully saturated rings. The first-order valence-electron chi connectivity index (χ1n) is 4.95. The van der Waals surface area contributed by atoms with Crippen LogP contribution in [0.3, 0.4) is 0 Å². The van der Waals surface area contributed by atoms with Crippen LogP contribution in [0.4, 0.5) is 0 Å². The Balaban J connectivity index is 3.20. The Bertz CT molecular complexity index is 332. The van der Waals surface area contributed by atoms with Gasteiger partial charge < -0.3 is 4.42 Å². The van der Waals surface area contributed by atoms with Crippen LogP contribution < -0.4 is 5.38 Å². The van der Waals surface area contributed by atoms with Gasteiger partial charge in [-0.3, -0.25) is 4.79 Å². The van der Waals surface area contributed by atoms with E-state index in [1.807, 2.05) is 6.07 Å². The van der Waals surface area contributed by atoms with Crippen molar-refractivity contribution in [1.29, 1.82) is 0 Å². The van der Waals surface area contributed by atoms with E-state index in [4.69, 9.17) is 4.42 Å². The van der Waals surface area contributed by atoms with E-state index in [1.54, 1.807) is 0 Å². The number of carbonyl (C=O) groups excluding carboxylic acids is 1. The van der Waals surface area contributed by atoms with Crippen LogP contribution in [-0.4, -0.2) is 15.1 Å². The van der Waals surface area contributed by atoms with E-state index in [0.717, 1.165) is 23.0 Å². The molecule has 1 heterocycles. The summed E-state index contributed by atoms with van der Waals surface area (Å²) in [6.07, 6.45) is 0.904. The lowest BCUT2D eigenvalue weighted by Gasteiger charge is -2.14. The van der Waals surface area contributed by atoms with Crippen molar-refractivity contribution in [2.75, 3.05) is 0 Å². The van der Waals surface area contributed by atoms with E-state index < -0.39 is 8.80 Å². The average molecular weight is 210 g/mol. The van der Waals surface area contributed by atoms with Gasteiger partial charge in [0, 0.05) is 5.41 Å². The molecule has 0 radical (unpaired) electrons. The second kappa shape index (κ2) is 3.73. The van der Waals surface area contributed by atoms with Gasteiger partial charge in [0.05, 0.1) is 10.9 Å². The number of furan rings is 1. The van der Waals surface area contributed by atoms with Gasteiger partial charge in [-0.25, -0.2) is 0 Å². The Morgan fingerprint density at radius 2 is 1.93 bits per heavy atom. The molecular weight excluding hydrogens is 192 g/mol. The third kappa shape index (κ3) is 2.15. The maximum Gasteiger partial charge on any atom is 0.153 e. The summed E-state index contributed by atoms with van der Waals surface area (Å²) in [5.74, 6) is 0.913. The van der Waals surface area contributed by atoms with Crippen LogP contribution in [0.5, 0.6) is 0 Å². The Kier molecular flexibility index (Phi) is 3.00. The second-order valence-electron chi connectivity index (χ2n) is 4.95. The number of hydrogen-bond donors (Lipinski definition) is 0. The van der Waals surface area contributed by atoms with Crippen molar-refractivity contribution in [3.8, 4) is 0 Å². The summed E-state index contributed by atoms with van der Waals surface area (Å²) < 4.78 is 5.76. The Morgan fingerprint density at radius 1 is 1.36 bits per heavy atom. The molecule has 14 heavy (non-hydrogen) atoms. The molecule has 0 N–H and O–H groups in total. The zero-order valence-corrected chi connectivity index (χ0v) is 10.7. The minimum atomic E-state index is -1.03. The molecule has 0 spiro atoms. The quantitative estimate of drug-likeness (QED) is 0.552. The summed E-state index contributed by atoms with van der Waals surface area (Å²) >= 11 is 0. The smallest absolute Gasteiger partial charge is 0.153 e. The van der Waals surface area contributed by atoms with E-state index in [0.29, 0.717) is 0 Å². The third-order valence-electron chi connectivity index (χ3n) is 2.18. The zero-order chi connectivity index (χ0) is 10.9. The van der Waals surface area contributed by atoms with Crippen LogP contribution in [0.15, 0.2) is 10.5 Å². The second-order valence-corrected chi connectivity index (χ2v) is 7.79. The van der Waals surface area contributed by atoms with E-state index in [2.05, 4.69) is 33.9 Å². The first-order valence-corrected chi connectivity index (χ1v) is 7.84. The summed E-state index contributed by atoms with van der Waals surface area (Å²) in [6.45, 7) is 10.6. The van der Waals surface area contributed by atoms with Gasteiger partial charge in [0.1, 0.15) is 14.6 Å². The van der Waals surface area contributed by atoms with Crippen molar-refractivity contribution >= 4 is 20.5 Å². The van der Waals surface area contributed by atoms with Crippen LogP contribution in [-0.2, 0) is 5.41 Å². The monoisotopic (exact) mass is 210 g/mol. The van der Waals surface area contributed by atoms with Crippen molar-refractivity contribution in [3.63, 3.8) is 0 Å². The summed E-state index contributed by atoms with van der Waals surface area (Å²) in [7, 11) is -1.03. The molecule has 0 aliphatic heterocycles. The minimum absolute atomic E-state index is 0.0146. The molecule has 0 saturated carbocycles. The van der Waals surface area contributed by atoms with Gasteiger partial charge in [0.15, 0.2) is 6.29 Å². The molecule has 78 valence electrons. The summed E-state index contributed by atoms with van der Waals surface area (Å²) in [5, 5.41) is 0.935. The Labute approximate surface area is 86.9 Å². The van der Waals surface area contributed by atoms with Gasteiger partial charge in [-0.05, 0) is 6.07 Å². The van der Waals surface area contributed by atoms with Gasteiger partial charge >= 0.3 is 0 Å². The first-order chi connectivity index (χ1) is 6.36. The number of hydrogen-bond acceptors (Lipinski definition) is 2. The lowest BCUT2D eigenvalue weighted by Crippen LogP contribution is -2.24. The average Bonchev–Trinajstić information content (AvgIpc) is 2.45. The highest BCUT2D eigenvalue weighted by Gasteiger charge is 2.22. The largest absolute Gasteiger partial charge is 0.470 e. The molecular formula is C11H18O2Si. The molecule has 2 nitrogen and oxygen atoms in total. The molecule has 0 bridgehead atoms. The van der Waals surface area contributed by atoms with Crippen molar-refractivity contribution in [3.05, 3.63) is 17.4 Å². The van der Waals surface area contributed by atoms with Gasteiger partial charge in [0.25, 0.3) is 0 Å². The standard InChI is InChI=1S/C11H18O2Si/c1-11(2,3)9-6-8(7-12)10(13-9)14(4)5/h6-7,14H,1-5H3. The SMILES string of the molecule is C[SiH](C)c1oc(C(C)(C)C)cc1C=O. The summed E-state index contributed by atoms with van der Waals surface area (Å²) in [5.41, 5.74) is 0.732. The summed E-state index contributed by atoms with van der Waals surface area (Å²) in [6, 6.07) is 1.88. The van der Waals surface area contributed by atoms with Gasteiger partial charge in [-0.2, -0.15) is 0 Å². The summed E-state index contributed by atoms with van der Waals surface area (Å²) in [4.78, 5) is 10.8. The van der Waals surface area contributed by atoms with E-state index in [-0.39, 0.29) is 5.41 Å². The third-order valence-corrected chi connectivity index (χ3v) is 3.68. The predicted molar refractivity (Wildman–Crippen MR) is 61.3 cm³/mol. The minimum Gasteiger partial charge on any atom is -0.470 e. The Morgan fingerprint density at radius 3 is 2.21 bits per heavy atom. The molecule has 1 rings (SSSR count). The van der Waals surface area contributed by atoms with Gasteiger partial charge in [0.2, 0.25) is 0 Å². The fraction of sp³-hybridized carbons (Fsp3) is 0.545. The van der Waals surface area contributed by atoms with E-state index in [9.17, 15) is 4.79 Å². The van der Waals surface area contributed by atoms with Crippen LogP contribution in [0.1, 0.15) is 36.9 Å². The number of rotatable bonds is 2. The van der Waals surface area contributed by atoms with Crippen molar-refractivity contribution < 1.29 is 9.21 Å². The molecule has 0 aliphatic carbocycles. The molecule has 0 amide bonds. The topological polar surface area (TPSA) is 30.2 Å². The molecule has 1 aromatic rings. The molecule has 0 unspecified atom stereocenters. The molecule has 0 aromatic carbocycles. The maximum atomic E-state index is 10.8. The maximum absolute atomic E-state index is 10.8. The highest BCUT2D eigenvalue weighted by Crippen LogP contribution is 2.23. The zero-order valence-electron chi connectivity index (χ0n) is 9.55. The van der Waals surface area contributed by atoms with Crippen LogP contribution >= 0.6 is 0 Å². The van der Waals surface area contributed by atoms with Gasteiger partial charge in [-0.1, -0.05) is 33.9 Å². The number of aldehydes is 1. The van der Waals surface area contributed by atoms with Crippen molar-refractivity contribution in [2.45, 2.75) is 39.3 Å². The van der Waals surface area contributed by atoms with Crippen LogP contribution in [0, 0.1) is 0 Å². The first kappa shape index (κ1) is 11.2. The fourth-order valence-corrected chi connectivity index (χ4v) is 2.51. The van der Waals surface area contributed by atoms with Crippen LogP contribution in [0.2, 0.25) is 13.1 Å². The van der Waals surface area contributed by atoms with Crippen molar-refractivity contribution in [1.82, 2.24) is 0 Å². The van der Waals surface area contributed by atoms with E-state index >= 15 is 0 Å². The lowest BCUT2D eigenvalue weighted by molar-refractivity contribution is 0.112. The van der Waals surface area contributed by atoms with Gasteiger partial charge in [-0.15, -0.1) is 0 Å². The highest BCUT2D eigenvalue weighted by molar-refractivity contribution is 6.70. The fourth-order valence-electron chi connectivity index (χ4n) is 1.33. The molecule has 0 aliphatic rings. The highest BCUT2D eigenvalue weighted by atomic mass is 28.3. The predicted octanol–water partition coefficient (Wildman–Crippen LogP) is 2.08. The number of carbonyl (C=O) groups is 1. The molecule has 3 heteroatoms. The lowest BCUT2D eigenvalue weighted by atomic mass is 9.93. The molecule has 0 atom stereocenters. The van der Waals surface area contributed by atoms with Crippen LogP contribution in [0.25, 0.3) is 0 Å². The van der Waals surface area contributed by atoms with Crippen molar-refractivity contribution in [2.24, 2.45) is 0 Å².